The quantitative estimate of drug-likeness (QED) is 0.501. The van der Waals surface area contributed by atoms with Crippen LogP contribution >= 0.6 is 11.6 Å². The minimum atomic E-state index is -0.0687. The summed E-state index contributed by atoms with van der Waals surface area (Å²) in [5.41, 5.74) is 4.24. The predicted molar refractivity (Wildman–Crippen MR) is 134 cm³/mol. The van der Waals surface area contributed by atoms with E-state index in [0.717, 1.165) is 45.1 Å². The molecule has 1 aliphatic heterocycles. The molecule has 0 radical (unpaired) electrons. The maximum Gasteiger partial charge on any atom is 0.272 e. The van der Waals surface area contributed by atoms with Gasteiger partial charge in [0.1, 0.15) is 11.5 Å². The van der Waals surface area contributed by atoms with E-state index in [2.05, 4.69) is 43.6 Å². The highest BCUT2D eigenvalue weighted by molar-refractivity contribution is 6.32. The van der Waals surface area contributed by atoms with Crippen molar-refractivity contribution in [2.75, 3.05) is 13.1 Å². The molecule has 4 rings (SSSR count). The van der Waals surface area contributed by atoms with E-state index in [9.17, 15) is 9.59 Å². The smallest absolute Gasteiger partial charge is 0.272 e. The van der Waals surface area contributed by atoms with Crippen LogP contribution < -0.4 is 0 Å². The minimum Gasteiger partial charge on any atom is -0.337 e. The number of aryl methyl sites for hydroxylation is 3. The Kier molecular flexibility index (Phi) is 6.42. The summed E-state index contributed by atoms with van der Waals surface area (Å²) in [5, 5.41) is 9.39. The van der Waals surface area contributed by atoms with Gasteiger partial charge in [-0.25, -0.2) is 4.98 Å². The van der Waals surface area contributed by atoms with Crippen LogP contribution in [-0.4, -0.2) is 49.4 Å². The molecule has 34 heavy (non-hydrogen) atoms. The average molecular weight is 482 g/mol. The number of likely N-dealkylation sites (tertiary alicyclic amines) is 1. The van der Waals surface area contributed by atoms with Crippen LogP contribution in [0.2, 0.25) is 5.02 Å². The first-order valence-corrected chi connectivity index (χ1v) is 12.0. The molecule has 7 nitrogen and oxygen atoms in total. The number of aromatic nitrogens is 4. The molecule has 0 spiro atoms. The van der Waals surface area contributed by atoms with Gasteiger partial charge in [0.15, 0.2) is 5.78 Å². The molecule has 1 aliphatic rings. The molecule has 0 atom stereocenters. The van der Waals surface area contributed by atoms with Crippen molar-refractivity contribution in [1.82, 2.24) is 24.6 Å². The van der Waals surface area contributed by atoms with Crippen LogP contribution in [0.5, 0.6) is 0 Å². The van der Waals surface area contributed by atoms with Crippen molar-refractivity contribution < 1.29 is 9.59 Å². The maximum absolute atomic E-state index is 13.1. The summed E-state index contributed by atoms with van der Waals surface area (Å²) < 4.78 is 1.90. The molecule has 2 aromatic heterocycles. The van der Waals surface area contributed by atoms with Crippen molar-refractivity contribution >= 4 is 34.2 Å². The summed E-state index contributed by atoms with van der Waals surface area (Å²) >= 11 is 6.50. The van der Waals surface area contributed by atoms with Gasteiger partial charge in [-0.15, -0.1) is 0 Å². The number of amides is 1. The number of H-pyrrole nitrogens is 1. The van der Waals surface area contributed by atoms with Crippen LogP contribution in [0.1, 0.15) is 60.5 Å². The van der Waals surface area contributed by atoms with Gasteiger partial charge < -0.3 is 9.47 Å². The highest BCUT2D eigenvalue weighted by Crippen LogP contribution is 2.33. The molecule has 1 aromatic carbocycles. The zero-order valence-corrected chi connectivity index (χ0v) is 21.3. The van der Waals surface area contributed by atoms with Gasteiger partial charge in [-0.2, -0.15) is 5.10 Å². The number of fused-ring (bicyclic) bond motifs is 1. The summed E-state index contributed by atoms with van der Waals surface area (Å²) in [7, 11) is 1.89. The van der Waals surface area contributed by atoms with Gasteiger partial charge in [0, 0.05) is 55.0 Å². The largest absolute Gasteiger partial charge is 0.337 e. The molecule has 8 heteroatoms. The number of aromatic amines is 1. The van der Waals surface area contributed by atoms with Gasteiger partial charge in [-0.3, -0.25) is 14.7 Å². The van der Waals surface area contributed by atoms with E-state index in [1.807, 2.05) is 24.6 Å². The Hall–Kier alpha value is -2.93. The van der Waals surface area contributed by atoms with Crippen molar-refractivity contribution in [3.05, 3.63) is 58.3 Å². The molecule has 180 valence electrons. The molecule has 0 saturated carbocycles. The summed E-state index contributed by atoms with van der Waals surface area (Å²) in [6, 6.07) is 4.05. The van der Waals surface area contributed by atoms with E-state index in [4.69, 9.17) is 16.6 Å². The second kappa shape index (κ2) is 9.02. The Morgan fingerprint density at radius 1 is 1.26 bits per heavy atom. The predicted octanol–water partition coefficient (Wildman–Crippen LogP) is 4.56. The van der Waals surface area contributed by atoms with Gasteiger partial charge in [-0.1, -0.05) is 39.0 Å². The fourth-order valence-electron chi connectivity index (χ4n) is 4.68. The number of carbonyl (C=O) groups excluding carboxylic acids is 2. The van der Waals surface area contributed by atoms with Crippen LogP contribution in [0.25, 0.3) is 10.9 Å². The summed E-state index contributed by atoms with van der Waals surface area (Å²) in [6.45, 7) is 13.0. The Balaban J connectivity index is 1.49. The zero-order chi connectivity index (χ0) is 24.8. The van der Waals surface area contributed by atoms with E-state index in [-0.39, 0.29) is 23.0 Å². The van der Waals surface area contributed by atoms with Crippen LogP contribution in [0.4, 0.5) is 0 Å². The molecule has 3 aromatic rings. The Labute approximate surface area is 205 Å². The summed E-state index contributed by atoms with van der Waals surface area (Å²) in [4.78, 5) is 31.1. The van der Waals surface area contributed by atoms with Gasteiger partial charge in [0.05, 0.1) is 11.2 Å². The van der Waals surface area contributed by atoms with Gasteiger partial charge in [-0.05, 0) is 42.5 Å². The maximum atomic E-state index is 13.1. The lowest BCUT2D eigenvalue weighted by Gasteiger charge is -2.39. The van der Waals surface area contributed by atoms with E-state index in [1.54, 1.807) is 4.90 Å². The number of nitrogens with one attached hydrogen (secondary N) is 1. The lowest BCUT2D eigenvalue weighted by Crippen LogP contribution is -2.51. The van der Waals surface area contributed by atoms with Gasteiger partial charge >= 0.3 is 0 Å². The second-order valence-corrected chi connectivity index (χ2v) is 10.7. The summed E-state index contributed by atoms with van der Waals surface area (Å²) in [5.74, 6) is 1.06. The van der Waals surface area contributed by atoms with Gasteiger partial charge in [0.2, 0.25) is 0 Å². The molecular weight excluding hydrogens is 450 g/mol. The SMILES string of the molecule is C=CC(=O)CC1CN(C(=O)c2c(C)nc(CCc3[nH]nc4cc(Cl)c(C(C)(C)C)cc34)n2C)C1. The van der Waals surface area contributed by atoms with E-state index < -0.39 is 0 Å². The molecule has 1 saturated heterocycles. The third-order valence-electron chi connectivity index (χ3n) is 6.65. The number of halogens is 1. The number of rotatable bonds is 7. The number of nitrogens with zero attached hydrogens (tertiary/aromatic N) is 4. The van der Waals surface area contributed by atoms with Crippen molar-refractivity contribution in [3.63, 3.8) is 0 Å². The third kappa shape index (κ3) is 4.53. The number of ketones is 1. The lowest BCUT2D eigenvalue weighted by molar-refractivity contribution is -0.116. The molecule has 1 fully saturated rings. The van der Waals surface area contributed by atoms with E-state index in [0.29, 0.717) is 31.6 Å². The summed E-state index contributed by atoms with van der Waals surface area (Å²) in [6.07, 6.45) is 3.19. The minimum absolute atomic E-state index is 0.0271. The second-order valence-electron chi connectivity index (χ2n) is 10.3. The Morgan fingerprint density at radius 2 is 1.97 bits per heavy atom. The first kappa shape index (κ1) is 24.2. The highest BCUT2D eigenvalue weighted by Gasteiger charge is 2.34. The number of hydrogen-bond acceptors (Lipinski definition) is 4. The fourth-order valence-corrected chi connectivity index (χ4v) is 5.13. The standard InChI is InChI=1S/C26H32ClN5O2/c1-7-17(33)10-16-13-32(14-16)25(34)24-15(2)28-23(31(24)6)9-8-21-18-11-19(26(3,4)5)20(27)12-22(18)30-29-21/h7,11-12,16H,1,8-10,13-14H2,2-6H3,(H,29,30). The number of hydrogen-bond donors (Lipinski definition) is 1. The zero-order valence-electron chi connectivity index (χ0n) is 20.5. The third-order valence-corrected chi connectivity index (χ3v) is 6.97. The highest BCUT2D eigenvalue weighted by atomic mass is 35.5. The normalized spacial score (nSPS) is 14.5. The fraction of sp³-hybridized carbons (Fsp3) is 0.462. The number of imidazole rings is 1. The monoisotopic (exact) mass is 481 g/mol. The van der Waals surface area contributed by atoms with Crippen molar-refractivity contribution in [2.45, 2.75) is 52.4 Å². The van der Waals surface area contributed by atoms with Crippen molar-refractivity contribution in [3.8, 4) is 0 Å². The first-order chi connectivity index (χ1) is 16.0. The molecule has 0 aliphatic carbocycles. The Bertz CT molecular complexity index is 1270. The molecular formula is C26H32ClN5O2. The molecule has 1 amide bonds. The number of allylic oxidation sites excluding steroid dienone is 1. The van der Waals surface area contributed by atoms with Crippen LogP contribution in [0.3, 0.4) is 0 Å². The number of benzene rings is 1. The molecule has 3 heterocycles. The average Bonchev–Trinajstić information content (AvgIpc) is 3.25. The van der Waals surface area contributed by atoms with Crippen LogP contribution in [0.15, 0.2) is 24.8 Å². The van der Waals surface area contributed by atoms with E-state index in [1.165, 1.54) is 6.08 Å². The van der Waals surface area contributed by atoms with Crippen LogP contribution in [-0.2, 0) is 30.1 Å². The van der Waals surface area contributed by atoms with Crippen LogP contribution in [0, 0.1) is 12.8 Å². The lowest BCUT2D eigenvalue weighted by atomic mass is 9.86. The van der Waals surface area contributed by atoms with Crippen molar-refractivity contribution in [2.24, 2.45) is 13.0 Å². The van der Waals surface area contributed by atoms with E-state index >= 15 is 0 Å². The molecule has 1 N–H and O–H groups in total. The first-order valence-electron chi connectivity index (χ1n) is 11.6. The molecule has 0 unspecified atom stereocenters. The number of carbonyl (C=O) groups is 2. The topological polar surface area (TPSA) is 83.9 Å². The Morgan fingerprint density at radius 3 is 2.62 bits per heavy atom. The van der Waals surface area contributed by atoms with Crippen molar-refractivity contribution in [1.29, 1.82) is 0 Å². The van der Waals surface area contributed by atoms with Gasteiger partial charge in [0.25, 0.3) is 5.91 Å². The molecule has 0 bridgehead atoms.